The molecule has 0 saturated heterocycles. The number of nitro groups is 1. The summed E-state index contributed by atoms with van der Waals surface area (Å²) in [5, 5.41) is 14.1. The first-order valence-corrected chi connectivity index (χ1v) is 5.84. The highest BCUT2D eigenvalue weighted by atomic mass is 35.5. The van der Waals surface area contributed by atoms with Crippen molar-refractivity contribution in [3.8, 4) is 11.5 Å². The summed E-state index contributed by atoms with van der Waals surface area (Å²) in [6, 6.07) is 1.08. The Bertz CT molecular complexity index is 571. The molecule has 0 aromatic heterocycles. The maximum atomic E-state index is 10.9. The number of fused-ring (bicyclic) bond motifs is 1. The molecule has 1 aliphatic heterocycles. The standard InChI is InChI=1S/C10H9ClN4O4/c11-8-7(15(16)17)5-6(13-14-12)9-10(8)19-4-2-1-3-18-9/h5H,1-4H2. The van der Waals surface area contributed by atoms with E-state index in [1.54, 1.807) is 0 Å². The first kappa shape index (κ1) is 13.3. The fourth-order valence-electron chi connectivity index (χ4n) is 1.67. The van der Waals surface area contributed by atoms with E-state index in [0.29, 0.717) is 13.2 Å². The molecule has 0 spiro atoms. The predicted octanol–water partition coefficient (Wildman–Crippen LogP) is 3.74. The zero-order valence-corrected chi connectivity index (χ0v) is 10.5. The molecule has 0 amide bonds. The van der Waals surface area contributed by atoms with Crippen molar-refractivity contribution < 1.29 is 14.4 Å². The molecule has 1 heterocycles. The van der Waals surface area contributed by atoms with E-state index in [4.69, 9.17) is 26.6 Å². The van der Waals surface area contributed by atoms with Crippen molar-refractivity contribution in [2.24, 2.45) is 5.11 Å². The molecule has 0 bridgehead atoms. The van der Waals surface area contributed by atoms with Gasteiger partial charge in [-0.1, -0.05) is 16.7 Å². The highest BCUT2D eigenvalue weighted by Crippen LogP contribution is 2.48. The van der Waals surface area contributed by atoms with Crippen LogP contribution in [0.1, 0.15) is 12.8 Å². The van der Waals surface area contributed by atoms with E-state index in [9.17, 15) is 10.1 Å². The van der Waals surface area contributed by atoms with E-state index < -0.39 is 4.92 Å². The third kappa shape index (κ3) is 2.64. The van der Waals surface area contributed by atoms with Crippen LogP contribution in [-0.2, 0) is 0 Å². The minimum absolute atomic E-state index is 0.00417. The van der Waals surface area contributed by atoms with Crippen LogP contribution in [0.15, 0.2) is 11.2 Å². The number of halogens is 1. The molecular formula is C10H9ClN4O4. The lowest BCUT2D eigenvalue weighted by molar-refractivity contribution is -0.384. The summed E-state index contributed by atoms with van der Waals surface area (Å²) in [5.41, 5.74) is 8.12. The van der Waals surface area contributed by atoms with Crippen LogP contribution in [-0.4, -0.2) is 18.1 Å². The number of ether oxygens (including phenoxy) is 2. The van der Waals surface area contributed by atoms with Crippen molar-refractivity contribution >= 4 is 23.0 Å². The maximum absolute atomic E-state index is 10.9. The molecule has 2 rings (SSSR count). The molecule has 1 aromatic carbocycles. The number of hydrogen-bond acceptors (Lipinski definition) is 5. The summed E-state index contributed by atoms with van der Waals surface area (Å²) >= 11 is 5.94. The molecule has 0 radical (unpaired) electrons. The summed E-state index contributed by atoms with van der Waals surface area (Å²) in [6.07, 6.45) is 1.51. The monoisotopic (exact) mass is 284 g/mol. The van der Waals surface area contributed by atoms with Crippen LogP contribution in [0.4, 0.5) is 11.4 Å². The highest BCUT2D eigenvalue weighted by Gasteiger charge is 2.26. The van der Waals surface area contributed by atoms with Crippen molar-refractivity contribution in [2.75, 3.05) is 13.2 Å². The van der Waals surface area contributed by atoms with E-state index in [1.165, 1.54) is 0 Å². The van der Waals surface area contributed by atoms with Gasteiger partial charge in [-0.3, -0.25) is 10.1 Å². The van der Waals surface area contributed by atoms with Crippen LogP contribution in [0.5, 0.6) is 11.5 Å². The second kappa shape index (κ2) is 5.64. The van der Waals surface area contributed by atoms with E-state index in [1.807, 2.05) is 0 Å². The van der Waals surface area contributed by atoms with Crippen molar-refractivity contribution in [3.63, 3.8) is 0 Å². The highest BCUT2D eigenvalue weighted by molar-refractivity contribution is 6.34. The fraction of sp³-hybridized carbons (Fsp3) is 0.400. The topological polar surface area (TPSA) is 110 Å². The van der Waals surface area contributed by atoms with Gasteiger partial charge in [-0.2, -0.15) is 0 Å². The van der Waals surface area contributed by atoms with Gasteiger partial charge in [0.25, 0.3) is 5.69 Å². The van der Waals surface area contributed by atoms with Crippen molar-refractivity contribution in [1.29, 1.82) is 0 Å². The van der Waals surface area contributed by atoms with Crippen molar-refractivity contribution in [1.82, 2.24) is 0 Å². The van der Waals surface area contributed by atoms with Gasteiger partial charge in [-0.05, 0) is 18.4 Å². The zero-order valence-electron chi connectivity index (χ0n) is 9.71. The molecule has 19 heavy (non-hydrogen) atoms. The molecular weight excluding hydrogens is 276 g/mol. The van der Waals surface area contributed by atoms with Crippen molar-refractivity contribution in [3.05, 3.63) is 31.6 Å². The van der Waals surface area contributed by atoms with Crippen LogP contribution in [0.2, 0.25) is 5.02 Å². The number of rotatable bonds is 2. The molecule has 0 fully saturated rings. The Morgan fingerprint density at radius 2 is 2.00 bits per heavy atom. The van der Waals surface area contributed by atoms with Gasteiger partial charge in [0, 0.05) is 11.0 Å². The SMILES string of the molecule is [N-]=[N+]=Nc1cc([N+](=O)[O-])c(Cl)c2c1OCCCCO2. The lowest BCUT2D eigenvalue weighted by Gasteiger charge is -2.18. The van der Waals surface area contributed by atoms with Gasteiger partial charge in [0.1, 0.15) is 0 Å². The van der Waals surface area contributed by atoms with E-state index in [2.05, 4.69) is 10.0 Å². The number of hydrogen-bond donors (Lipinski definition) is 0. The summed E-state index contributed by atoms with van der Waals surface area (Å²) in [6.45, 7) is 0.769. The van der Waals surface area contributed by atoms with Gasteiger partial charge in [0.2, 0.25) is 0 Å². The minimum atomic E-state index is -0.666. The van der Waals surface area contributed by atoms with Crippen LogP contribution >= 0.6 is 11.6 Å². The summed E-state index contributed by atoms with van der Waals surface area (Å²) in [4.78, 5) is 12.9. The number of nitro benzene ring substituents is 1. The Labute approximate surface area is 112 Å². The average Bonchev–Trinajstić information content (AvgIpc) is 2.32. The first-order valence-electron chi connectivity index (χ1n) is 5.46. The third-order valence-electron chi connectivity index (χ3n) is 2.52. The molecule has 0 N–H and O–H groups in total. The molecule has 0 atom stereocenters. The normalized spacial score (nSPS) is 13.9. The molecule has 0 unspecified atom stereocenters. The lowest BCUT2D eigenvalue weighted by Crippen LogP contribution is -2.09. The van der Waals surface area contributed by atoms with E-state index >= 15 is 0 Å². The molecule has 8 nitrogen and oxygen atoms in total. The predicted molar refractivity (Wildman–Crippen MR) is 67.1 cm³/mol. The van der Waals surface area contributed by atoms with Gasteiger partial charge in [-0.15, -0.1) is 0 Å². The fourth-order valence-corrected chi connectivity index (χ4v) is 1.93. The lowest BCUT2D eigenvalue weighted by atomic mass is 10.2. The Balaban J connectivity index is 2.66. The Morgan fingerprint density at radius 1 is 1.37 bits per heavy atom. The van der Waals surface area contributed by atoms with Gasteiger partial charge in [-0.25, -0.2) is 0 Å². The second-order valence-corrected chi connectivity index (χ2v) is 4.12. The molecule has 100 valence electrons. The summed E-state index contributed by atoms with van der Waals surface area (Å²) < 4.78 is 10.8. The molecule has 0 saturated carbocycles. The smallest absolute Gasteiger partial charge is 0.292 e. The average molecular weight is 285 g/mol. The maximum Gasteiger partial charge on any atom is 0.292 e. The van der Waals surface area contributed by atoms with Gasteiger partial charge in [0.05, 0.1) is 23.8 Å². The van der Waals surface area contributed by atoms with Gasteiger partial charge >= 0.3 is 0 Å². The third-order valence-corrected chi connectivity index (χ3v) is 2.88. The van der Waals surface area contributed by atoms with Crippen molar-refractivity contribution in [2.45, 2.75) is 12.8 Å². The van der Waals surface area contributed by atoms with Gasteiger partial charge < -0.3 is 9.47 Å². The molecule has 1 aliphatic rings. The molecule has 1 aromatic rings. The van der Waals surface area contributed by atoms with Crippen LogP contribution in [0.3, 0.4) is 0 Å². The Kier molecular flexibility index (Phi) is 3.94. The number of azide groups is 1. The van der Waals surface area contributed by atoms with Crippen LogP contribution in [0.25, 0.3) is 10.4 Å². The van der Waals surface area contributed by atoms with Crippen LogP contribution in [0, 0.1) is 10.1 Å². The summed E-state index contributed by atoms with van der Waals surface area (Å²) in [5.74, 6) is 0.200. The molecule has 0 aliphatic carbocycles. The van der Waals surface area contributed by atoms with Gasteiger partial charge in [0.15, 0.2) is 16.5 Å². The summed E-state index contributed by atoms with van der Waals surface area (Å²) in [7, 11) is 0. The molecule has 9 heteroatoms. The second-order valence-electron chi connectivity index (χ2n) is 3.74. The Morgan fingerprint density at radius 3 is 2.58 bits per heavy atom. The van der Waals surface area contributed by atoms with E-state index in [0.717, 1.165) is 18.9 Å². The van der Waals surface area contributed by atoms with E-state index in [-0.39, 0.29) is 27.9 Å². The quantitative estimate of drug-likeness (QED) is 0.271. The first-order chi connectivity index (χ1) is 9.15. The zero-order chi connectivity index (χ0) is 13.8. The number of nitrogens with zero attached hydrogens (tertiary/aromatic N) is 4. The number of benzene rings is 1. The minimum Gasteiger partial charge on any atom is -0.489 e. The largest absolute Gasteiger partial charge is 0.489 e. The van der Waals surface area contributed by atoms with Crippen LogP contribution < -0.4 is 9.47 Å². The Hall–Kier alpha value is -2.18.